The van der Waals surface area contributed by atoms with Crippen LogP contribution in [0.15, 0.2) is 60.7 Å². The van der Waals surface area contributed by atoms with Crippen molar-refractivity contribution < 1.29 is 14.3 Å². The smallest absolute Gasteiger partial charge is 0.254 e. The van der Waals surface area contributed by atoms with Gasteiger partial charge in [-0.15, -0.1) is 0 Å². The van der Waals surface area contributed by atoms with Gasteiger partial charge in [0.25, 0.3) is 5.91 Å². The highest BCUT2D eigenvalue weighted by Crippen LogP contribution is 2.21. The molecule has 0 aromatic heterocycles. The molecule has 2 aliphatic rings. The minimum absolute atomic E-state index is 0.0590. The van der Waals surface area contributed by atoms with E-state index in [1.165, 1.54) is 5.56 Å². The predicted molar refractivity (Wildman–Crippen MR) is 119 cm³/mol. The average Bonchev–Trinajstić information content (AvgIpc) is 2.81. The van der Waals surface area contributed by atoms with Crippen LogP contribution in [-0.2, 0) is 4.74 Å². The molecule has 2 aromatic rings. The third kappa shape index (κ3) is 5.71. The van der Waals surface area contributed by atoms with Crippen LogP contribution in [0.5, 0.6) is 5.75 Å². The third-order valence-electron chi connectivity index (χ3n) is 5.69. The number of piperidine rings is 1. The number of morpholine rings is 1. The Morgan fingerprint density at radius 2 is 1.77 bits per heavy atom. The van der Waals surface area contributed by atoms with Gasteiger partial charge in [0.1, 0.15) is 11.9 Å². The average molecular weight is 407 g/mol. The molecule has 0 unspecified atom stereocenters. The summed E-state index contributed by atoms with van der Waals surface area (Å²) in [5.41, 5.74) is 1.93. The molecule has 4 rings (SSSR count). The number of nitrogens with zero attached hydrogens (tertiary/aromatic N) is 2. The second kappa shape index (κ2) is 10.4. The second-order valence-corrected chi connectivity index (χ2v) is 7.86. The van der Waals surface area contributed by atoms with Crippen molar-refractivity contribution in [2.45, 2.75) is 18.9 Å². The lowest BCUT2D eigenvalue weighted by molar-refractivity contribution is 0.0302. The Bertz CT molecular complexity index is 838. The Kier molecular flexibility index (Phi) is 7.16. The molecule has 2 aliphatic heterocycles. The van der Waals surface area contributed by atoms with Crippen LogP contribution >= 0.6 is 0 Å². The number of ether oxygens (including phenoxy) is 2. The highest BCUT2D eigenvalue weighted by molar-refractivity contribution is 5.94. The Hall–Kier alpha value is -2.63. The van der Waals surface area contributed by atoms with Gasteiger partial charge in [0.15, 0.2) is 0 Å². The standard InChI is InChI=1S/C25H30N2O3/c28-25(27-16-18-29-19-17-27)22-9-4-10-24(20-22)30-23-11-14-26(15-12-23)13-5-8-21-6-2-1-3-7-21/h1-10,20,23H,11-19H2/b8-5+. The maximum Gasteiger partial charge on any atom is 0.254 e. The fourth-order valence-corrected chi connectivity index (χ4v) is 3.96. The number of carbonyl (C=O) groups excluding carboxylic acids is 1. The zero-order valence-corrected chi connectivity index (χ0v) is 17.4. The first-order valence-corrected chi connectivity index (χ1v) is 10.9. The number of benzene rings is 2. The van der Waals surface area contributed by atoms with Crippen LogP contribution in [0.25, 0.3) is 6.08 Å². The summed E-state index contributed by atoms with van der Waals surface area (Å²) in [7, 11) is 0. The van der Waals surface area contributed by atoms with Crippen molar-refractivity contribution in [3.8, 4) is 5.75 Å². The van der Waals surface area contributed by atoms with E-state index < -0.39 is 0 Å². The number of likely N-dealkylation sites (tertiary alicyclic amines) is 1. The Labute approximate surface area is 178 Å². The Morgan fingerprint density at radius 3 is 2.53 bits per heavy atom. The monoisotopic (exact) mass is 406 g/mol. The molecule has 0 atom stereocenters. The quantitative estimate of drug-likeness (QED) is 0.733. The molecule has 2 heterocycles. The summed E-state index contributed by atoms with van der Waals surface area (Å²) in [5, 5.41) is 0. The van der Waals surface area contributed by atoms with Crippen molar-refractivity contribution in [3.05, 3.63) is 71.8 Å². The Balaban J connectivity index is 1.25. The van der Waals surface area contributed by atoms with Gasteiger partial charge in [0.2, 0.25) is 0 Å². The van der Waals surface area contributed by atoms with Gasteiger partial charge in [-0.25, -0.2) is 0 Å². The molecule has 0 spiro atoms. The first-order valence-electron chi connectivity index (χ1n) is 10.9. The van der Waals surface area contributed by atoms with E-state index >= 15 is 0 Å². The highest BCUT2D eigenvalue weighted by atomic mass is 16.5. The van der Waals surface area contributed by atoms with Crippen molar-refractivity contribution in [1.82, 2.24) is 9.80 Å². The van der Waals surface area contributed by atoms with Gasteiger partial charge in [-0.2, -0.15) is 0 Å². The minimum Gasteiger partial charge on any atom is -0.490 e. The molecule has 0 bridgehead atoms. The molecule has 2 aromatic carbocycles. The number of hydrogen-bond donors (Lipinski definition) is 0. The van der Waals surface area contributed by atoms with E-state index in [2.05, 4.69) is 41.3 Å². The van der Waals surface area contributed by atoms with E-state index in [-0.39, 0.29) is 12.0 Å². The molecule has 30 heavy (non-hydrogen) atoms. The highest BCUT2D eigenvalue weighted by Gasteiger charge is 2.21. The van der Waals surface area contributed by atoms with Crippen molar-refractivity contribution in [2.24, 2.45) is 0 Å². The number of rotatable bonds is 6. The molecule has 0 N–H and O–H groups in total. The van der Waals surface area contributed by atoms with Crippen LogP contribution in [0.4, 0.5) is 0 Å². The summed E-state index contributed by atoms with van der Waals surface area (Å²) in [6, 6.07) is 18.0. The first kappa shape index (κ1) is 20.6. The summed E-state index contributed by atoms with van der Waals surface area (Å²) in [5.74, 6) is 0.848. The van der Waals surface area contributed by atoms with Crippen molar-refractivity contribution in [3.63, 3.8) is 0 Å². The molecule has 158 valence electrons. The lowest BCUT2D eigenvalue weighted by Gasteiger charge is -2.31. The van der Waals surface area contributed by atoms with Crippen molar-refractivity contribution in [2.75, 3.05) is 45.9 Å². The zero-order valence-electron chi connectivity index (χ0n) is 17.4. The third-order valence-corrected chi connectivity index (χ3v) is 5.69. The molecule has 5 heteroatoms. The number of hydrogen-bond acceptors (Lipinski definition) is 4. The molecule has 5 nitrogen and oxygen atoms in total. The van der Waals surface area contributed by atoms with Crippen molar-refractivity contribution >= 4 is 12.0 Å². The maximum atomic E-state index is 12.7. The molecular weight excluding hydrogens is 376 g/mol. The number of amides is 1. The molecule has 2 fully saturated rings. The van der Waals surface area contributed by atoms with E-state index in [0.717, 1.165) is 38.2 Å². The van der Waals surface area contributed by atoms with Crippen LogP contribution in [-0.4, -0.2) is 67.7 Å². The van der Waals surface area contributed by atoms with Gasteiger partial charge in [-0.1, -0.05) is 48.6 Å². The van der Waals surface area contributed by atoms with Gasteiger partial charge >= 0.3 is 0 Å². The van der Waals surface area contributed by atoms with Gasteiger partial charge in [-0.05, 0) is 36.6 Å². The van der Waals surface area contributed by atoms with Crippen LogP contribution in [0.3, 0.4) is 0 Å². The normalized spacial score (nSPS) is 18.6. The fraction of sp³-hybridized carbons (Fsp3) is 0.400. The second-order valence-electron chi connectivity index (χ2n) is 7.86. The fourth-order valence-electron chi connectivity index (χ4n) is 3.96. The van der Waals surface area contributed by atoms with Crippen LogP contribution in [0, 0.1) is 0 Å². The van der Waals surface area contributed by atoms with E-state index in [1.807, 2.05) is 35.2 Å². The molecule has 0 aliphatic carbocycles. The van der Waals surface area contributed by atoms with Crippen molar-refractivity contribution in [1.29, 1.82) is 0 Å². The summed E-state index contributed by atoms with van der Waals surface area (Å²) < 4.78 is 11.6. The van der Waals surface area contributed by atoms with E-state index in [1.54, 1.807) is 0 Å². The van der Waals surface area contributed by atoms with Gasteiger partial charge < -0.3 is 14.4 Å². The summed E-state index contributed by atoms with van der Waals surface area (Å²) >= 11 is 0. The minimum atomic E-state index is 0.0590. The van der Waals surface area contributed by atoms with Gasteiger partial charge in [0, 0.05) is 38.3 Å². The van der Waals surface area contributed by atoms with E-state index in [9.17, 15) is 4.79 Å². The van der Waals surface area contributed by atoms with Crippen LogP contribution in [0.1, 0.15) is 28.8 Å². The number of carbonyl (C=O) groups is 1. The zero-order chi connectivity index (χ0) is 20.6. The van der Waals surface area contributed by atoms with E-state index in [4.69, 9.17) is 9.47 Å². The largest absolute Gasteiger partial charge is 0.490 e. The molecular formula is C25H30N2O3. The summed E-state index contributed by atoms with van der Waals surface area (Å²) in [6.07, 6.45) is 6.62. The maximum absolute atomic E-state index is 12.7. The molecule has 0 radical (unpaired) electrons. The van der Waals surface area contributed by atoms with Gasteiger partial charge in [0.05, 0.1) is 13.2 Å². The summed E-state index contributed by atoms with van der Waals surface area (Å²) in [6.45, 7) is 5.54. The SMILES string of the molecule is O=C(c1cccc(OC2CCN(C/C=C/c3ccccc3)CC2)c1)N1CCOCC1. The topological polar surface area (TPSA) is 42.0 Å². The van der Waals surface area contributed by atoms with Gasteiger partial charge in [-0.3, -0.25) is 9.69 Å². The first-order chi connectivity index (χ1) is 14.8. The van der Waals surface area contributed by atoms with Crippen LogP contribution in [0.2, 0.25) is 0 Å². The summed E-state index contributed by atoms with van der Waals surface area (Å²) in [4.78, 5) is 17.0. The Morgan fingerprint density at radius 1 is 1.00 bits per heavy atom. The van der Waals surface area contributed by atoms with E-state index in [0.29, 0.717) is 31.9 Å². The van der Waals surface area contributed by atoms with Crippen LogP contribution < -0.4 is 4.74 Å². The molecule has 2 saturated heterocycles. The lowest BCUT2D eigenvalue weighted by atomic mass is 10.1. The lowest BCUT2D eigenvalue weighted by Crippen LogP contribution is -2.40. The molecule has 0 saturated carbocycles. The molecule has 1 amide bonds. The predicted octanol–water partition coefficient (Wildman–Crippen LogP) is 3.72.